The van der Waals surface area contributed by atoms with E-state index in [9.17, 15) is 13.2 Å². The van der Waals surface area contributed by atoms with Gasteiger partial charge in [-0.25, -0.2) is 23.0 Å². The second-order valence-electron chi connectivity index (χ2n) is 6.02. The van der Waals surface area contributed by atoms with Gasteiger partial charge >= 0.3 is 5.97 Å². The lowest BCUT2D eigenvalue weighted by atomic mass is 10.2. The minimum absolute atomic E-state index is 0.0162. The van der Waals surface area contributed by atoms with E-state index in [1.807, 2.05) is 6.92 Å². The summed E-state index contributed by atoms with van der Waals surface area (Å²) in [5.74, 6) is -1.01. The highest BCUT2D eigenvalue weighted by Gasteiger charge is 2.14. The molecule has 28 heavy (non-hydrogen) atoms. The predicted molar refractivity (Wildman–Crippen MR) is 102 cm³/mol. The maximum atomic E-state index is 11.4. The third-order valence-corrected chi connectivity index (χ3v) is 4.97. The summed E-state index contributed by atoms with van der Waals surface area (Å²) in [5, 5.41) is 26.8. The summed E-state index contributed by atoms with van der Waals surface area (Å²) in [6.07, 6.45) is 0. The van der Waals surface area contributed by atoms with Crippen LogP contribution in [-0.2, 0) is 10.0 Å². The molecule has 3 N–H and O–H groups in total. The van der Waals surface area contributed by atoms with Crippen molar-refractivity contribution in [2.75, 3.05) is 0 Å². The molecule has 0 spiro atoms. The van der Waals surface area contributed by atoms with Gasteiger partial charge < -0.3 is 5.11 Å². The Hall–Kier alpha value is -3.37. The number of aromatic nitrogens is 2. The molecule has 0 saturated carbocycles. The molecule has 0 aliphatic carbocycles. The Morgan fingerprint density at radius 1 is 1.04 bits per heavy atom. The van der Waals surface area contributed by atoms with Crippen LogP contribution >= 0.6 is 0 Å². The van der Waals surface area contributed by atoms with Crippen LogP contribution in [0.2, 0.25) is 0 Å². The highest BCUT2D eigenvalue weighted by molar-refractivity contribution is 7.89. The SMILES string of the molecule is Cc1nn(-c2ccc(S(N)(=O)=O)cc2)c(C)c1N=Nc1ccc(C(=O)O)cc1. The fraction of sp³-hybridized carbons (Fsp3) is 0.111. The van der Waals surface area contributed by atoms with Gasteiger partial charge in [-0.2, -0.15) is 10.2 Å². The molecular formula is C18H17N5O4S. The number of hydrogen-bond donors (Lipinski definition) is 2. The van der Waals surface area contributed by atoms with Crippen LogP contribution in [0.3, 0.4) is 0 Å². The zero-order valence-electron chi connectivity index (χ0n) is 15.1. The number of aryl methyl sites for hydroxylation is 1. The van der Waals surface area contributed by atoms with E-state index < -0.39 is 16.0 Å². The maximum Gasteiger partial charge on any atom is 0.335 e. The van der Waals surface area contributed by atoms with Gasteiger partial charge in [0.1, 0.15) is 5.69 Å². The molecular weight excluding hydrogens is 382 g/mol. The number of carboxylic acids is 1. The quantitative estimate of drug-likeness (QED) is 0.634. The first-order valence-electron chi connectivity index (χ1n) is 8.11. The molecule has 1 heterocycles. The van der Waals surface area contributed by atoms with E-state index in [2.05, 4.69) is 15.3 Å². The van der Waals surface area contributed by atoms with Crippen LogP contribution in [0.5, 0.6) is 0 Å². The Kier molecular flexibility index (Phi) is 5.08. The van der Waals surface area contributed by atoms with Crippen LogP contribution in [0.25, 0.3) is 5.69 Å². The van der Waals surface area contributed by atoms with Crippen molar-refractivity contribution >= 4 is 27.4 Å². The lowest BCUT2D eigenvalue weighted by molar-refractivity contribution is 0.0697. The van der Waals surface area contributed by atoms with Gasteiger partial charge in [0.15, 0.2) is 0 Å². The highest BCUT2D eigenvalue weighted by atomic mass is 32.2. The number of benzene rings is 2. The highest BCUT2D eigenvalue weighted by Crippen LogP contribution is 2.28. The zero-order valence-corrected chi connectivity index (χ0v) is 15.9. The average Bonchev–Trinajstić information content (AvgIpc) is 2.93. The molecule has 1 aromatic heterocycles. The lowest BCUT2D eigenvalue weighted by Crippen LogP contribution is -2.12. The molecule has 0 fully saturated rings. The van der Waals surface area contributed by atoms with E-state index in [0.29, 0.717) is 28.5 Å². The molecule has 0 bridgehead atoms. The maximum absolute atomic E-state index is 11.4. The van der Waals surface area contributed by atoms with E-state index in [4.69, 9.17) is 10.2 Å². The van der Waals surface area contributed by atoms with Gasteiger partial charge in [-0.1, -0.05) is 0 Å². The topological polar surface area (TPSA) is 140 Å². The molecule has 0 amide bonds. The number of aromatic carboxylic acids is 1. The Bertz CT molecular complexity index is 1160. The smallest absolute Gasteiger partial charge is 0.335 e. The summed E-state index contributed by atoms with van der Waals surface area (Å²) in [7, 11) is -3.76. The van der Waals surface area contributed by atoms with Crippen LogP contribution < -0.4 is 5.14 Å². The van der Waals surface area contributed by atoms with E-state index in [-0.39, 0.29) is 10.5 Å². The molecule has 0 aliphatic rings. The predicted octanol–water partition coefficient (Wildman–Crippen LogP) is 3.25. The summed E-state index contributed by atoms with van der Waals surface area (Å²) in [6.45, 7) is 3.60. The molecule has 144 valence electrons. The zero-order chi connectivity index (χ0) is 20.5. The first-order chi connectivity index (χ1) is 13.2. The standard InChI is InChI=1S/C18H17N5O4S/c1-11-17(21-20-14-5-3-13(4-6-14)18(24)25)12(2)23(22-11)15-7-9-16(10-8-15)28(19,26)27/h3-10H,1-2H3,(H,24,25)(H2,19,26,27). The number of primary sulfonamides is 1. The molecule has 2 aromatic carbocycles. The van der Waals surface area contributed by atoms with Crippen molar-refractivity contribution in [3.05, 3.63) is 65.5 Å². The van der Waals surface area contributed by atoms with Gasteiger partial charge in [0.2, 0.25) is 10.0 Å². The van der Waals surface area contributed by atoms with Gasteiger partial charge in [-0.3, -0.25) is 0 Å². The fourth-order valence-corrected chi connectivity index (χ4v) is 3.10. The van der Waals surface area contributed by atoms with Gasteiger partial charge in [-0.15, -0.1) is 5.11 Å². The number of carboxylic acid groups (broad SMARTS) is 1. The van der Waals surface area contributed by atoms with Crippen LogP contribution in [0.4, 0.5) is 11.4 Å². The minimum Gasteiger partial charge on any atom is -0.478 e. The minimum atomic E-state index is -3.76. The number of azo groups is 1. The summed E-state index contributed by atoms with van der Waals surface area (Å²) >= 11 is 0. The fourth-order valence-electron chi connectivity index (χ4n) is 2.59. The molecule has 10 heteroatoms. The van der Waals surface area contributed by atoms with Crippen LogP contribution in [0, 0.1) is 13.8 Å². The van der Waals surface area contributed by atoms with Crippen molar-refractivity contribution < 1.29 is 18.3 Å². The molecule has 3 rings (SSSR count). The third kappa shape index (κ3) is 3.97. The Morgan fingerprint density at radius 3 is 2.18 bits per heavy atom. The number of rotatable bonds is 5. The second kappa shape index (κ2) is 7.33. The molecule has 0 unspecified atom stereocenters. The Balaban J connectivity index is 1.90. The molecule has 0 radical (unpaired) electrons. The van der Waals surface area contributed by atoms with Crippen LogP contribution in [0.1, 0.15) is 21.7 Å². The molecule has 0 atom stereocenters. The monoisotopic (exact) mass is 399 g/mol. The van der Waals surface area contributed by atoms with Gasteiger partial charge in [0.25, 0.3) is 0 Å². The number of sulfonamides is 1. The van der Waals surface area contributed by atoms with E-state index >= 15 is 0 Å². The van der Waals surface area contributed by atoms with Crippen molar-refractivity contribution in [3.63, 3.8) is 0 Å². The van der Waals surface area contributed by atoms with Crippen molar-refractivity contribution in [1.29, 1.82) is 0 Å². The number of carbonyl (C=O) groups is 1. The summed E-state index contributed by atoms with van der Waals surface area (Å²) in [6, 6.07) is 12.1. The summed E-state index contributed by atoms with van der Waals surface area (Å²) < 4.78 is 24.4. The van der Waals surface area contributed by atoms with Gasteiger partial charge in [0, 0.05) is 0 Å². The van der Waals surface area contributed by atoms with Crippen LogP contribution in [0.15, 0.2) is 63.7 Å². The number of nitrogens with two attached hydrogens (primary N) is 1. The van der Waals surface area contributed by atoms with Crippen molar-refractivity contribution in [2.24, 2.45) is 15.4 Å². The van der Waals surface area contributed by atoms with Crippen molar-refractivity contribution in [1.82, 2.24) is 9.78 Å². The first kappa shape index (κ1) is 19.4. The van der Waals surface area contributed by atoms with Crippen molar-refractivity contribution in [2.45, 2.75) is 18.7 Å². The first-order valence-corrected chi connectivity index (χ1v) is 9.66. The molecule has 0 aliphatic heterocycles. The third-order valence-electron chi connectivity index (χ3n) is 4.04. The largest absolute Gasteiger partial charge is 0.478 e. The van der Waals surface area contributed by atoms with Crippen molar-refractivity contribution in [3.8, 4) is 5.69 Å². The number of nitrogens with zero attached hydrogens (tertiary/aromatic N) is 4. The van der Waals surface area contributed by atoms with E-state index in [0.717, 1.165) is 0 Å². The average molecular weight is 399 g/mol. The van der Waals surface area contributed by atoms with Gasteiger partial charge in [-0.05, 0) is 62.4 Å². The van der Waals surface area contributed by atoms with E-state index in [1.54, 1.807) is 35.9 Å². The van der Waals surface area contributed by atoms with E-state index in [1.165, 1.54) is 24.3 Å². The summed E-state index contributed by atoms with van der Waals surface area (Å²) in [4.78, 5) is 10.9. The second-order valence-corrected chi connectivity index (χ2v) is 7.58. The van der Waals surface area contributed by atoms with Crippen LogP contribution in [-0.4, -0.2) is 29.3 Å². The Morgan fingerprint density at radius 2 is 1.64 bits per heavy atom. The summed E-state index contributed by atoms with van der Waals surface area (Å²) in [5.41, 5.74) is 3.25. The lowest BCUT2D eigenvalue weighted by Gasteiger charge is -2.05. The van der Waals surface area contributed by atoms with Gasteiger partial charge in [0.05, 0.1) is 33.2 Å². The molecule has 9 nitrogen and oxygen atoms in total. The number of hydrogen-bond acceptors (Lipinski definition) is 6. The molecule has 0 saturated heterocycles. The normalized spacial score (nSPS) is 11.8. The Labute approximate surface area is 161 Å². The molecule has 3 aromatic rings.